The lowest BCUT2D eigenvalue weighted by molar-refractivity contribution is 0.0845. The molecular weight excluding hydrogens is 214 g/mol. The second kappa shape index (κ2) is 5.19. The highest BCUT2D eigenvalue weighted by molar-refractivity contribution is 5.11. The largest absolute Gasteiger partial charge is 0.381 e. The Balaban J connectivity index is 1.68. The topological polar surface area (TPSA) is 49.9 Å². The monoisotopic (exact) mass is 235 g/mol. The Morgan fingerprint density at radius 3 is 2.82 bits per heavy atom. The molecule has 17 heavy (non-hydrogen) atoms. The molecule has 2 saturated heterocycles. The van der Waals surface area contributed by atoms with Crippen molar-refractivity contribution in [2.75, 3.05) is 19.8 Å². The summed E-state index contributed by atoms with van der Waals surface area (Å²) in [5, 5.41) is 3.53. The summed E-state index contributed by atoms with van der Waals surface area (Å²) in [4.78, 5) is 8.08. The Morgan fingerprint density at radius 2 is 2.06 bits per heavy atom. The third-order valence-corrected chi connectivity index (χ3v) is 3.92. The van der Waals surface area contributed by atoms with E-state index in [1.807, 2.05) is 6.20 Å². The van der Waals surface area contributed by atoms with Crippen molar-refractivity contribution in [2.45, 2.75) is 44.1 Å². The summed E-state index contributed by atoms with van der Waals surface area (Å²) >= 11 is 0. The number of aromatic amines is 1. The van der Waals surface area contributed by atoms with Crippen molar-refractivity contribution in [3.63, 3.8) is 0 Å². The summed E-state index contributed by atoms with van der Waals surface area (Å²) in [7, 11) is 0. The minimum absolute atomic E-state index is 0.442. The van der Waals surface area contributed by atoms with Crippen LogP contribution in [0.3, 0.4) is 0 Å². The molecule has 0 aliphatic carbocycles. The fraction of sp³-hybridized carbons (Fsp3) is 0.769. The van der Waals surface area contributed by atoms with E-state index < -0.39 is 0 Å². The number of rotatable bonds is 2. The van der Waals surface area contributed by atoms with Crippen LogP contribution in [-0.4, -0.2) is 29.7 Å². The number of hydrogen-bond donors (Lipinski definition) is 2. The fourth-order valence-corrected chi connectivity index (χ4v) is 2.83. The lowest BCUT2D eigenvalue weighted by Gasteiger charge is -2.22. The van der Waals surface area contributed by atoms with Gasteiger partial charge in [0.2, 0.25) is 0 Å². The van der Waals surface area contributed by atoms with Crippen LogP contribution in [0.5, 0.6) is 0 Å². The van der Waals surface area contributed by atoms with Crippen LogP contribution < -0.4 is 5.32 Å². The molecule has 1 aromatic heterocycles. The zero-order valence-corrected chi connectivity index (χ0v) is 10.2. The number of imidazole rings is 1. The lowest BCUT2D eigenvalue weighted by Crippen LogP contribution is -2.27. The van der Waals surface area contributed by atoms with Gasteiger partial charge < -0.3 is 15.0 Å². The quantitative estimate of drug-likeness (QED) is 0.825. The third kappa shape index (κ3) is 2.53. The van der Waals surface area contributed by atoms with Gasteiger partial charge in [-0.25, -0.2) is 4.98 Å². The maximum atomic E-state index is 5.40. The van der Waals surface area contributed by atoms with Crippen molar-refractivity contribution in [1.82, 2.24) is 15.3 Å². The molecule has 0 bridgehead atoms. The van der Waals surface area contributed by atoms with Gasteiger partial charge in [0.1, 0.15) is 5.82 Å². The zero-order valence-electron chi connectivity index (χ0n) is 10.2. The van der Waals surface area contributed by atoms with Gasteiger partial charge in [-0.15, -0.1) is 0 Å². The molecule has 4 heteroatoms. The van der Waals surface area contributed by atoms with Gasteiger partial charge in [0.05, 0.1) is 6.04 Å². The van der Waals surface area contributed by atoms with Gasteiger partial charge in [-0.05, 0) is 32.2 Å². The molecule has 1 atom stereocenters. The van der Waals surface area contributed by atoms with E-state index in [-0.39, 0.29) is 0 Å². The van der Waals surface area contributed by atoms with E-state index >= 15 is 0 Å². The van der Waals surface area contributed by atoms with E-state index in [0.29, 0.717) is 12.0 Å². The van der Waals surface area contributed by atoms with Crippen molar-refractivity contribution in [3.8, 4) is 0 Å². The SMILES string of the molecule is c1nc(C2CCCCN2)[nH]c1C1CCOCC1. The van der Waals surface area contributed by atoms with Gasteiger partial charge in [-0.2, -0.15) is 0 Å². The minimum Gasteiger partial charge on any atom is -0.381 e. The van der Waals surface area contributed by atoms with Crippen LogP contribution in [0.1, 0.15) is 55.6 Å². The predicted molar refractivity (Wildman–Crippen MR) is 66.0 cm³/mol. The molecule has 0 aromatic carbocycles. The highest BCUT2D eigenvalue weighted by atomic mass is 16.5. The molecular formula is C13H21N3O. The van der Waals surface area contributed by atoms with Crippen molar-refractivity contribution in [3.05, 3.63) is 17.7 Å². The van der Waals surface area contributed by atoms with Crippen molar-refractivity contribution < 1.29 is 4.74 Å². The second-order valence-corrected chi connectivity index (χ2v) is 5.11. The van der Waals surface area contributed by atoms with Crippen LogP contribution in [0.2, 0.25) is 0 Å². The molecule has 2 N–H and O–H groups in total. The minimum atomic E-state index is 0.442. The Labute approximate surface area is 102 Å². The predicted octanol–water partition coefficient (Wildman–Crippen LogP) is 2.12. The van der Waals surface area contributed by atoms with Gasteiger partial charge in [0.25, 0.3) is 0 Å². The summed E-state index contributed by atoms with van der Waals surface area (Å²) < 4.78 is 5.40. The van der Waals surface area contributed by atoms with Gasteiger partial charge in [0, 0.05) is 31.0 Å². The Bertz CT molecular complexity index is 319. The van der Waals surface area contributed by atoms with Crippen LogP contribution in [-0.2, 0) is 4.74 Å². The molecule has 0 saturated carbocycles. The standard InChI is InChI=1S/C13H21N3O/c1-2-6-14-11(3-1)13-15-9-12(16-13)10-4-7-17-8-5-10/h9-11,14H,1-8H2,(H,15,16). The average molecular weight is 235 g/mol. The smallest absolute Gasteiger partial charge is 0.123 e. The summed E-state index contributed by atoms with van der Waals surface area (Å²) in [6.07, 6.45) is 8.09. The van der Waals surface area contributed by atoms with Gasteiger partial charge in [0.15, 0.2) is 0 Å². The summed E-state index contributed by atoms with van der Waals surface area (Å²) in [5.41, 5.74) is 1.30. The number of H-pyrrole nitrogens is 1. The number of hydrogen-bond acceptors (Lipinski definition) is 3. The molecule has 1 unspecified atom stereocenters. The van der Waals surface area contributed by atoms with E-state index in [4.69, 9.17) is 4.74 Å². The first-order valence-electron chi connectivity index (χ1n) is 6.79. The molecule has 94 valence electrons. The number of piperidine rings is 1. The Hall–Kier alpha value is -0.870. The van der Waals surface area contributed by atoms with Crippen LogP contribution in [0.25, 0.3) is 0 Å². The molecule has 2 aliphatic rings. The first-order valence-corrected chi connectivity index (χ1v) is 6.79. The van der Waals surface area contributed by atoms with Crippen molar-refractivity contribution in [2.24, 2.45) is 0 Å². The van der Waals surface area contributed by atoms with E-state index in [2.05, 4.69) is 15.3 Å². The first kappa shape index (κ1) is 11.2. The first-order chi connectivity index (χ1) is 8.43. The molecule has 3 rings (SSSR count). The van der Waals surface area contributed by atoms with E-state index in [1.165, 1.54) is 25.0 Å². The van der Waals surface area contributed by atoms with E-state index in [0.717, 1.165) is 38.4 Å². The van der Waals surface area contributed by atoms with Crippen LogP contribution >= 0.6 is 0 Å². The second-order valence-electron chi connectivity index (χ2n) is 5.11. The molecule has 0 amide bonds. The van der Waals surface area contributed by atoms with E-state index in [1.54, 1.807) is 0 Å². The van der Waals surface area contributed by atoms with Crippen molar-refractivity contribution in [1.29, 1.82) is 0 Å². The Morgan fingerprint density at radius 1 is 1.18 bits per heavy atom. The maximum absolute atomic E-state index is 5.40. The summed E-state index contributed by atoms with van der Waals surface area (Å²) in [6.45, 7) is 2.90. The highest BCUT2D eigenvalue weighted by Crippen LogP contribution is 2.27. The molecule has 0 radical (unpaired) electrons. The number of aromatic nitrogens is 2. The third-order valence-electron chi connectivity index (χ3n) is 3.92. The molecule has 1 aromatic rings. The van der Waals surface area contributed by atoms with Crippen molar-refractivity contribution >= 4 is 0 Å². The van der Waals surface area contributed by atoms with Gasteiger partial charge >= 0.3 is 0 Å². The summed E-state index contributed by atoms with van der Waals surface area (Å²) in [6, 6.07) is 0.442. The number of nitrogens with zero attached hydrogens (tertiary/aromatic N) is 1. The lowest BCUT2D eigenvalue weighted by atomic mass is 9.97. The highest BCUT2D eigenvalue weighted by Gasteiger charge is 2.21. The average Bonchev–Trinajstić information content (AvgIpc) is 2.90. The summed E-state index contributed by atoms with van der Waals surface area (Å²) in [5.74, 6) is 1.75. The van der Waals surface area contributed by atoms with Crippen LogP contribution in [0.4, 0.5) is 0 Å². The molecule has 2 aliphatic heterocycles. The molecule has 3 heterocycles. The normalized spacial score (nSPS) is 27.2. The number of ether oxygens (including phenoxy) is 1. The van der Waals surface area contributed by atoms with Crippen LogP contribution in [0, 0.1) is 0 Å². The molecule has 0 spiro atoms. The molecule has 4 nitrogen and oxygen atoms in total. The Kier molecular flexibility index (Phi) is 3.43. The maximum Gasteiger partial charge on any atom is 0.123 e. The van der Waals surface area contributed by atoms with E-state index in [9.17, 15) is 0 Å². The zero-order chi connectivity index (χ0) is 11.5. The number of nitrogens with one attached hydrogen (secondary N) is 2. The van der Waals surface area contributed by atoms with Gasteiger partial charge in [-0.3, -0.25) is 0 Å². The fourth-order valence-electron chi connectivity index (χ4n) is 2.83. The van der Waals surface area contributed by atoms with Crippen LogP contribution in [0.15, 0.2) is 6.20 Å². The van der Waals surface area contributed by atoms with Gasteiger partial charge in [-0.1, -0.05) is 6.42 Å². The molecule has 2 fully saturated rings.